The molecule has 0 radical (unpaired) electrons. The number of aromatic nitrogens is 1. The number of rotatable bonds is 15. The number of ketones is 2. The Morgan fingerprint density at radius 1 is 0.974 bits per heavy atom. The van der Waals surface area contributed by atoms with Crippen LogP contribution in [-0.4, -0.2) is 54.2 Å². The lowest BCUT2D eigenvalue weighted by molar-refractivity contribution is -0.142. The Morgan fingerprint density at radius 3 is 2.46 bits per heavy atom. The third-order valence-corrected chi connectivity index (χ3v) is 7.52. The summed E-state index contributed by atoms with van der Waals surface area (Å²) in [5.41, 5.74) is 4.94. The molecule has 3 aromatic rings. The number of Topliss-reactive ketones (excluding diaryl/α,β-unsaturated/α-hetero) is 1. The first-order valence-electron chi connectivity index (χ1n) is 14.4. The summed E-state index contributed by atoms with van der Waals surface area (Å²) in [4.78, 5) is 37.7. The van der Waals surface area contributed by atoms with Gasteiger partial charge in [0.2, 0.25) is 5.78 Å². The smallest absolute Gasteiger partial charge is 0.319 e. The third-order valence-electron chi connectivity index (χ3n) is 7.52. The number of benzene rings is 1. The molecule has 0 aliphatic heterocycles. The Hall–Kier alpha value is -3.29. The number of nitrogens with zero attached hydrogens (tertiary/aromatic N) is 1. The van der Waals surface area contributed by atoms with Gasteiger partial charge in [0, 0.05) is 41.8 Å². The van der Waals surface area contributed by atoms with E-state index in [0.29, 0.717) is 36.0 Å². The zero-order valence-corrected chi connectivity index (χ0v) is 23.3. The van der Waals surface area contributed by atoms with Crippen LogP contribution in [-0.2, 0) is 22.4 Å². The third kappa shape index (κ3) is 7.64. The first kappa shape index (κ1) is 28.7. The van der Waals surface area contributed by atoms with Crippen LogP contribution in [0.2, 0.25) is 0 Å². The molecule has 1 aromatic carbocycles. The largest absolute Gasteiger partial charge is 0.465 e. The van der Waals surface area contributed by atoms with Crippen LogP contribution in [0, 0.1) is 0 Å². The minimum Gasteiger partial charge on any atom is -0.465 e. The molecule has 1 saturated carbocycles. The second-order valence-electron chi connectivity index (χ2n) is 10.3. The van der Waals surface area contributed by atoms with Gasteiger partial charge in [0.1, 0.15) is 0 Å². The van der Waals surface area contributed by atoms with Crippen molar-refractivity contribution in [2.75, 3.05) is 26.2 Å². The van der Waals surface area contributed by atoms with Crippen LogP contribution in [0.1, 0.15) is 89.9 Å². The van der Waals surface area contributed by atoms with E-state index in [4.69, 9.17) is 4.74 Å². The molecule has 2 heterocycles. The average Bonchev–Trinajstić information content (AvgIpc) is 3.60. The van der Waals surface area contributed by atoms with E-state index in [-0.39, 0.29) is 30.5 Å². The number of carbonyl (C=O) groups excluding carboxylic acids is 3. The molecule has 0 unspecified atom stereocenters. The molecule has 1 aliphatic rings. The molecular weight excluding hydrogens is 490 g/mol. The average molecular weight is 532 g/mol. The summed E-state index contributed by atoms with van der Waals surface area (Å²) in [6.45, 7) is 5.65. The number of fused-ring (bicyclic) bond motifs is 1. The number of carbonyl (C=O) groups is 3. The summed E-state index contributed by atoms with van der Waals surface area (Å²) in [6.07, 6.45) is 10.2. The summed E-state index contributed by atoms with van der Waals surface area (Å²) >= 11 is 0. The summed E-state index contributed by atoms with van der Waals surface area (Å²) < 4.78 is 6.77. The highest BCUT2D eigenvalue weighted by Gasteiger charge is 2.19. The maximum absolute atomic E-state index is 13.6. The second-order valence-corrected chi connectivity index (χ2v) is 10.3. The predicted octanol–water partition coefficient (Wildman–Crippen LogP) is 4.92. The van der Waals surface area contributed by atoms with Gasteiger partial charge in [0.05, 0.1) is 18.8 Å². The SMILES string of the molecule is CCOC(=O)CNCCC(=O)c1ccn2c(C(=O)c3ccc(CCCNC4CCCC4)cc3)c(CC)cc2c1. The van der Waals surface area contributed by atoms with Crippen molar-refractivity contribution in [3.05, 3.63) is 76.6 Å². The maximum atomic E-state index is 13.6. The molecule has 7 nitrogen and oxygen atoms in total. The fourth-order valence-electron chi connectivity index (χ4n) is 5.37. The van der Waals surface area contributed by atoms with Gasteiger partial charge >= 0.3 is 5.97 Å². The molecule has 2 N–H and O–H groups in total. The second kappa shape index (κ2) is 14.2. The molecule has 0 atom stereocenters. The van der Waals surface area contributed by atoms with Crippen molar-refractivity contribution in [3.8, 4) is 0 Å². The first-order valence-corrected chi connectivity index (χ1v) is 14.4. The number of aryl methyl sites for hydroxylation is 2. The van der Waals surface area contributed by atoms with Gasteiger partial charge < -0.3 is 19.8 Å². The molecule has 2 aromatic heterocycles. The molecular formula is C32H41N3O4. The Labute approximate surface area is 231 Å². The van der Waals surface area contributed by atoms with Gasteiger partial charge in [-0.25, -0.2) is 0 Å². The zero-order chi connectivity index (χ0) is 27.6. The lowest BCUT2D eigenvalue weighted by Crippen LogP contribution is -2.27. The van der Waals surface area contributed by atoms with Crippen molar-refractivity contribution in [1.82, 2.24) is 15.0 Å². The Kier molecular flexibility index (Phi) is 10.5. The topological polar surface area (TPSA) is 88.9 Å². The number of ether oxygens (including phenoxy) is 1. The highest BCUT2D eigenvalue weighted by atomic mass is 16.5. The zero-order valence-electron chi connectivity index (χ0n) is 23.3. The summed E-state index contributed by atoms with van der Waals surface area (Å²) in [5, 5.41) is 6.61. The Balaban J connectivity index is 1.37. The number of esters is 1. The van der Waals surface area contributed by atoms with E-state index in [0.717, 1.165) is 36.9 Å². The Morgan fingerprint density at radius 2 is 1.74 bits per heavy atom. The van der Waals surface area contributed by atoms with E-state index in [2.05, 4.69) is 22.8 Å². The van der Waals surface area contributed by atoms with E-state index in [1.54, 1.807) is 13.0 Å². The van der Waals surface area contributed by atoms with Crippen molar-refractivity contribution in [2.24, 2.45) is 0 Å². The van der Waals surface area contributed by atoms with Crippen molar-refractivity contribution in [2.45, 2.75) is 71.3 Å². The predicted molar refractivity (Wildman–Crippen MR) is 154 cm³/mol. The fourth-order valence-corrected chi connectivity index (χ4v) is 5.37. The quantitative estimate of drug-likeness (QED) is 0.164. The van der Waals surface area contributed by atoms with E-state index in [1.165, 1.54) is 31.2 Å². The van der Waals surface area contributed by atoms with Crippen LogP contribution in [0.4, 0.5) is 0 Å². The number of hydrogen-bond donors (Lipinski definition) is 2. The summed E-state index contributed by atoms with van der Waals surface area (Å²) in [5.74, 6) is -0.358. The van der Waals surface area contributed by atoms with Crippen molar-refractivity contribution in [1.29, 1.82) is 0 Å². The van der Waals surface area contributed by atoms with Crippen molar-refractivity contribution in [3.63, 3.8) is 0 Å². The minimum atomic E-state index is -0.328. The van der Waals surface area contributed by atoms with Crippen LogP contribution >= 0.6 is 0 Å². The number of hydrogen-bond acceptors (Lipinski definition) is 6. The van der Waals surface area contributed by atoms with Crippen LogP contribution in [0.3, 0.4) is 0 Å². The van der Waals surface area contributed by atoms with Gasteiger partial charge in [-0.2, -0.15) is 0 Å². The molecule has 0 bridgehead atoms. The summed E-state index contributed by atoms with van der Waals surface area (Å²) in [6, 6.07) is 14.3. The molecule has 39 heavy (non-hydrogen) atoms. The molecule has 208 valence electrons. The van der Waals surface area contributed by atoms with Crippen LogP contribution in [0.5, 0.6) is 0 Å². The van der Waals surface area contributed by atoms with Crippen LogP contribution in [0.15, 0.2) is 48.7 Å². The van der Waals surface area contributed by atoms with Crippen LogP contribution in [0.25, 0.3) is 5.52 Å². The molecule has 1 fully saturated rings. The molecule has 4 rings (SSSR count). The van der Waals surface area contributed by atoms with Gasteiger partial charge in [-0.05, 0) is 74.9 Å². The van der Waals surface area contributed by atoms with Gasteiger partial charge in [0.15, 0.2) is 5.78 Å². The van der Waals surface area contributed by atoms with E-state index >= 15 is 0 Å². The molecule has 7 heteroatoms. The van der Waals surface area contributed by atoms with Crippen molar-refractivity contribution < 1.29 is 19.1 Å². The molecule has 0 amide bonds. The van der Waals surface area contributed by atoms with Crippen molar-refractivity contribution >= 4 is 23.1 Å². The monoisotopic (exact) mass is 531 g/mol. The highest BCUT2D eigenvalue weighted by molar-refractivity contribution is 6.10. The van der Waals surface area contributed by atoms with Gasteiger partial charge in [-0.1, -0.05) is 44.0 Å². The van der Waals surface area contributed by atoms with E-state index in [9.17, 15) is 14.4 Å². The molecule has 1 aliphatic carbocycles. The Bertz CT molecular complexity index is 1270. The molecule has 0 saturated heterocycles. The first-order chi connectivity index (χ1) is 19.0. The number of nitrogens with one attached hydrogen (secondary N) is 2. The van der Waals surface area contributed by atoms with E-state index in [1.807, 2.05) is 41.8 Å². The maximum Gasteiger partial charge on any atom is 0.319 e. The fraction of sp³-hybridized carbons (Fsp3) is 0.469. The van der Waals surface area contributed by atoms with E-state index < -0.39 is 0 Å². The van der Waals surface area contributed by atoms with Gasteiger partial charge in [-0.3, -0.25) is 14.4 Å². The van der Waals surface area contributed by atoms with Gasteiger partial charge in [0.25, 0.3) is 0 Å². The van der Waals surface area contributed by atoms with Gasteiger partial charge in [-0.15, -0.1) is 0 Å². The standard InChI is InChI=1S/C32H41N3O4/c1-3-24-20-28-21-26(29(36)15-18-33-22-30(37)39-4-2)16-19-35(28)31(24)32(38)25-13-11-23(12-14-25)8-7-17-34-27-9-5-6-10-27/h11-14,16,19-21,27,33-34H,3-10,15,17-18,22H2,1-2H3. The number of pyridine rings is 1. The lowest BCUT2D eigenvalue weighted by atomic mass is 10.0. The minimum absolute atomic E-state index is 0.0106. The summed E-state index contributed by atoms with van der Waals surface area (Å²) in [7, 11) is 0. The van der Waals surface area contributed by atoms with Crippen LogP contribution < -0.4 is 10.6 Å². The normalized spacial score (nSPS) is 13.7. The molecule has 0 spiro atoms. The highest BCUT2D eigenvalue weighted by Crippen LogP contribution is 2.23. The lowest BCUT2D eigenvalue weighted by Gasteiger charge is -2.11.